The van der Waals surface area contributed by atoms with Gasteiger partial charge in [-0.2, -0.15) is 30.3 Å². The molecule has 2 aromatic rings. The van der Waals surface area contributed by atoms with Crippen LogP contribution in [-0.2, 0) is 6.61 Å². The van der Waals surface area contributed by atoms with Gasteiger partial charge >= 0.3 is 23.1 Å². The second-order valence-corrected chi connectivity index (χ2v) is 4.09. The van der Waals surface area contributed by atoms with Crippen LogP contribution in [-0.4, -0.2) is 23.1 Å². The average Bonchev–Trinajstić information content (AvgIpc) is 2.29. The van der Waals surface area contributed by atoms with Gasteiger partial charge in [0.1, 0.15) is 5.75 Å². The minimum absolute atomic E-state index is 0. The molecule has 90 valence electrons. The molecule has 0 heterocycles. The van der Waals surface area contributed by atoms with Gasteiger partial charge in [-0.3, -0.25) is 0 Å². The van der Waals surface area contributed by atoms with Gasteiger partial charge in [0.2, 0.25) is 0 Å². The molecule has 2 aromatic carbocycles. The molecule has 0 N–H and O–H groups in total. The Morgan fingerprint density at radius 2 is 1.89 bits per heavy atom. The number of hydrogen-bond acceptors (Lipinski definition) is 1. The van der Waals surface area contributed by atoms with E-state index in [-0.39, 0.29) is 40.0 Å². The van der Waals surface area contributed by atoms with Crippen molar-refractivity contribution in [3.8, 4) is 5.75 Å². The maximum Gasteiger partial charge on any atom is 2.00 e. The summed E-state index contributed by atoms with van der Waals surface area (Å²) in [6.45, 7) is 0.447. The summed E-state index contributed by atoms with van der Waals surface area (Å²) in [6.07, 6.45) is 0. The molecule has 0 bridgehead atoms. The number of hydrogen-bond donors (Lipinski definition) is 0. The zero-order chi connectivity index (χ0) is 11.4. The van der Waals surface area contributed by atoms with Crippen LogP contribution in [0.2, 0.25) is 10.0 Å². The van der Waals surface area contributed by atoms with Crippen molar-refractivity contribution in [2.75, 3.05) is 0 Å². The second kappa shape index (κ2) is 9.05. The Labute approximate surface area is 143 Å². The van der Waals surface area contributed by atoms with Gasteiger partial charge < -0.3 is 21.7 Å². The van der Waals surface area contributed by atoms with Crippen LogP contribution < -0.4 is 21.7 Å². The molecule has 0 spiro atoms. The van der Waals surface area contributed by atoms with E-state index < -0.39 is 0 Å². The van der Waals surface area contributed by atoms with Crippen molar-refractivity contribution in [3.05, 3.63) is 64.1 Å². The Morgan fingerprint density at radius 3 is 2.50 bits per heavy atom. The summed E-state index contributed by atoms with van der Waals surface area (Å²) in [6, 6.07) is 15.9. The molecule has 5 heteroatoms. The van der Waals surface area contributed by atoms with Gasteiger partial charge in [-0.25, -0.2) is 0 Å². The third kappa shape index (κ3) is 5.37. The maximum atomic E-state index is 5.98. The Bertz CT molecular complexity index is 480. The fourth-order valence-corrected chi connectivity index (χ4v) is 1.73. The van der Waals surface area contributed by atoms with Crippen LogP contribution in [0.25, 0.3) is 0 Å². The largest absolute Gasteiger partial charge is 2.00 e. The van der Waals surface area contributed by atoms with Crippen LogP contribution in [0.4, 0.5) is 0 Å². The Hall–Kier alpha value is 0.0662. The minimum Gasteiger partial charge on any atom is -1.00 e. The first-order valence-corrected chi connectivity index (χ1v) is 5.55. The first-order chi connectivity index (χ1) is 7.75. The maximum absolute atomic E-state index is 5.98. The molecule has 0 aliphatic rings. The normalized spacial score (nSPS) is 9.00. The summed E-state index contributed by atoms with van der Waals surface area (Å²) in [5, 5.41) is 1.12. The molecule has 2 rings (SSSR count). The van der Waals surface area contributed by atoms with E-state index in [0.29, 0.717) is 22.4 Å². The molecule has 0 radical (unpaired) electrons. The fraction of sp³-hybridized carbons (Fsp3) is 0.0769. The van der Waals surface area contributed by atoms with E-state index in [2.05, 4.69) is 6.07 Å². The van der Waals surface area contributed by atoms with Gasteiger partial charge in [-0.1, -0.05) is 23.2 Å². The molecule has 0 aliphatic heterocycles. The SMILES string of the molecule is Clc1ccc(OCc2[c-]cccc2)c(Cl)c1.[Br-].[Mg+2]. The molecule has 0 atom stereocenters. The third-order valence-corrected chi connectivity index (χ3v) is 2.58. The minimum atomic E-state index is 0. The molecule has 0 unspecified atom stereocenters. The van der Waals surface area contributed by atoms with Crippen LogP contribution in [0.1, 0.15) is 5.56 Å². The van der Waals surface area contributed by atoms with Crippen molar-refractivity contribution >= 4 is 46.3 Å². The fourth-order valence-electron chi connectivity index (χ4n) is 1.27. The van der Waals surface area contributed by atoms with Crippen molar-refractivity contribution in [3.63, 3.8) is 0 Å². The summed E-state index contributed by atoms with van der Waals surface area (Å²) in [5.74, 6) is 0.628. The van der Waals surface area contributed by atoms with Crippen molar-refractivity contribution in [2.45, 2.75) is 6.61 Å². The molecule has 0 aliphatic carbocycles. The van der Waals surface area contributed by atoms with E-state index in [1.807, 2.05) is 24.3 Å². The molecule has 1 nitrogen and oxygen atoms in total. The molecule has 0 fully saturated rings. The zero-order valence-corrected chi connectivity index (χ0v) is 14.0. The Balaban J connectivity index is 0.00000144. The quantitative estimate of drug-likeness (QED) is 0.589. The second-order valence-electron chi connectivity index (χ2n) is 3.25. The van der Waals surface area contributed by atoms with Crippen LogP contribution in [0.3, 0.4) is 0 Å². The third-order valence-electron chi connectivity index (χ3n) is 2.05. The molecular weight excluding hydrogens is 347 g/mol. The summed E-state index contributed by atoms with van der Waals surface area (Å²) in [5.41, 5.74) is 0.980. The number of rotatable bonds is 3. The topological polar surface area (TPSA) is 9.23 Å². The molecule has 0 aromatic heterocycles. The van der Waals surface area contributed by atoms with E-state index in [1.54, 1.807) is 18.2 Å². The first-order valence-electron chi connectivity index (χ1n) is 4.79. The van der Waals surface area contributed by atoms with E-state index in [1.165, 1.54) is 0 Å². The first kappa shape index (κ1) is 18.1. The monoisotopic (exact) mass is 354 g/mol. The molecular formula is C13H9BrCl2MgO. The molecule has 18 heavy (non-hydrogen) atoms. The van der Waals surface area contributed by atoms with Gasteiger partial charge in [0.05, 0.1) is 11.6 Å². The van der Waals surface area contributed by atoms with Crippen molar-refractivity contribution in [1.82, 2.24) is 0 Å². The van der Waals surface area contributed by atoms with Crippen LogP contribution in [0.15, 0.2) is 42.5 Å². The van der Waals surface area contributed by atoms with E-state index in [0.717, 1.165) is 5.56 Å². The summed E-state index contributed by atoms with van der Waals surface area (Å²) in [4.78, 5) is 0. The average molecular weight is 356 g/mol. The summed E-state index contributed by atoms with van der Waals surface area (Å²) >= 11 is 11.8. The van der Waals surface area contributed by atoms with Crippen molar-refractivity contribution in [2.24, 2.45) is 0 Å². The number of halogens is 3. The Morgan fingerprint density at radius 1 is 1.11 bits per heavy atom. The predicted octanol–water partition coefficient (Wildman–Crippen LogP) is 0.996. The zero-order valence-electron chi connectivity index (χ0n) is 9.50. The van der Waals surface area contributed by atoms with Gasteiger partial charge in [0.15, 0.2) is 0 Å². The number of ether oxygens (including phenoxy) is 1. The smallest absolute Gasteiger partial charge is 1.00 e. The molecule has 0 amide bonds. The van der Waals surface area contributed by atoms with Gasteiger partial charge in [-0.05, 0) is 18.2 Å². The molecule has 0 saturated heterocycles. The van der Waals surface area contributed by atoms with E-state index in [9.17, 15) is 0 Å². The van der Waals surface area contributed by atoms with Gasteiger partial charge in [-0.15, -0.1) is 5.56 Å². The van der Waals surface area contributed by atoms with E-state index in [4.69, 9.17) is 27.9 Å². The predicted molar refractivity (Wildman–Crippen MR) is 71.8 cm³/mol. The van der Waals surface area contributed by atoms with Gasteiger partial charge in [0.25, 0.3) is 0 Å². The van der Waals surface area contributed by atoms with Crippen molar-refractivity contribution < 1.29 is 21.7 Å². The standard InChI is InChI=1S/C13H9Cl2O.BrH.Mg/c14-11-6-7-13(12(15)8-11)16-9-10-4-2-1-3-5-10;;/h1-4,6-8H,9H2;1H;/q-1;;+2/p-1. The van der Waals surface area contributed by atoms with Crippen LogP contribution in [0, 0.1) is 6.07 Å². The van der Waals surface area contributed by atoms with Gasteiger partial charge in [0, 0.05) is 5.02 Å². The number of benzene rings is 2. The Kier molecular flexibility index (Phi) is 9.08. The molecule has 0 saturated carbocycles. The van der Waals surface area contributed by atoms with Crippen molar-refractivity contribution in [1.29, 1.82) is 0 Å². The summed E-state index contributed by atoms with van der Waals surface area (Å²) < 4.78 is 5.56. The summed E-state index contributed by atoms with van der Waals surface area (Å²) in [7, 11) is 0. The van der Waals surface area contributed by atoms with Crippen LogP contribution in [0.5, 0.6) is 5.75 Å². The van der Waals surface area contributed by atoms with Crippen LogP contribution >= 0.6 is 23.2 Å². The van der Waals surface area contributed by atoms with E-state index >= 15 is 0 Å².